The molecule has 2 aromatic heterocycles. The maximum atomic E-state index is 5.19. The van der Waals surface area contributed by atoms with Gasteiger partial charge in [-0.1, -0.05) is 194 Å². The van der Waals surface area contributed by atoms with E-state index < -0.39 is 8.07 Å². The van der Waals surface area contributed by atoms with Gasteiger partial charge in [-0.3, -0.25) is 9.97 Å². The Balaban J connectivity index is 1.11. The molecule has 0 bridgehead atoms. The first-order chi connectivity index (χ1) is 38.3. The van der Waals surface area contributed by atoms with E-state index in [1.807, 2.05) is 18.5 Å². The lowest BCUT2D eigenvalue weighted by molar-refractivity contribution is 1.22. The van der Waals surface area contributed by atoms with Gasteiger partial charge in [0.2, 0.25) is 0 Å². The summed E-state index contributed by atoms with van der Waals surface area (Å²) in [7, 11) is -3.12. The van der Waals surface area contributed by atoms with Crippen LogP contribution in [0, 0.1) is 0 Å². The van der Waals surface area contributed by atoms with Crippen LogP contribution in [-0.2, 0) is 0 Å². The summed E-state index contributed by atoms with van der Waals surface area (Å²) in [5.74, 6) is 0. The first kappa shape index (κ1) is 44.6. The van der Waals surface area contributed by atoms with Crippen molar-refractivity contribution in [3.8, 4) is 33.6 Å². The minimum atomic E-state index is -3.12. The highest BCUT2D eigenvalue weighted by molar-refractivity contribution is 7.27. The largest absolute Gasteiger partial charge is 0.311 e. The minimum absolute atomic E-state index is 0.109. The molecule has 10 aromatic carbocycles. The lowest BCUT2D eigenvalue weighted by atomic mass is 9.33. The van der Waals surface area contributed by atoms with E-state index in [4.69, 9.17) is 9.97 Å². The van der Waals surface area contributed by atoms with Gasteiger partial charge in [-0.05, 0) is 133 Å². The quantitative estimate of drug-likeness (QED) is 0.128. The van der Waals surface area contributed by atoms with Crippen molar-refractivity contribution in [1.82, 2.24) is 9.97 Å². The molecule has 0 aliphatic carbocycles. The Morgan fingerprint density at radius 3 is 1.30 bits per heavy atom. The number of benzene rings is 10. The zero-order valence-electron chi connectivity index (χ0n) is 42.0. The number of nitrogens with zero attached hydrogens (tertiary/aromatic N) is 5. The lowest BCUT2D eigenvalue weighted by Gasteiger charge is -2.52. The summed E-state index contributed by atoms with van der Waals surface area (Å²) in [4.78, 5) is 17.8. The number of hydrogen-bond donors (Lipinski definition) is 0. The van der Waals surface area contributed by atoms with Crippen LogP contribution in [0.5, 0.6) is 0 Å². The average Bonchev–Trinajstić information content (AvgIpc) is 3.54. The van der Waals surface area contributed by atoms with Crippen LogP contribution in [0.4, 0.5) is 51.2 Å². The summed E-state index contributed by atoms with van der Waals surface area (Å²) < 4.78 is 0. The molecule has 0 fully saturated rings. The summed E-state index contributed by atoms with van der Waals surface area (Å²) in [6.45, 7) is -0.109. The first-order valence-electron chi connectivity index (χ1n) is 26.4. The fourth-order valence-electron chi connectivity index (χ4n) is 13.0. The van der Waals surface area contributed by atoms with Gasteiger partial charge < -0.3 is 14.7 Å². The number of para-hydroxylation sites is 4. The van der Waals surface area contributed by atoms with Crippen LogP contribution in [0.25, 0.3) is 33.6 Å². The van der Waals surface area contributed by atoms with Crippen LogP contribution in [0.2, 0.25) is 0 Å². The second kappa shape index (κ2) is 18.2. The van der Waals surface area contributed by atoms with Crippen molar-refractivity contribution in [2.45, 2.75) is 0 Å². The van der Waals surface area contributed by atoms with Gasteiger partial charge in [0.25, 0.3) is 6.71 Å². The molecule has 12 aromatic rings. The predicted molar refractivity (Wildman–Crippen MR) is 324 cm³/mol. The van der Waals surface area contributed by atoms with E-state index in [0.29, 0.717) is 0 Å². The second-order valence-electron chi connectivity index (χ2n) is 20.0. The van der Waals surface area contributed by atoms with Gasteiger partial charge >= 0.3 is 0 Å². The van der Waals surface area contributed by atoms with Crippen molar-refractivity contribution in [1.29, 1.82) is 0 Å². The average molecular weight is 998 g/mol. The number of anilines is 9. The van der Waals surface area contributed by atoms with E-state index in [0.717, 1.165) is 73.5 Å². The standard InChI is InChI=1S/C70H48BN5Si/c1-6-24-49(25-7-1)50-43-45-73-59(46-50)57-35-17-19-38-61(57)76-63-40-23-42-67-70(63)71-68-64(47-53(48-65(68)76)74(51-26-8-2-9-27-51)52-28-10-3-11-29-52)75(60-37-18-16-34-56(60)58-36-20-21-44-72-58)62-39-22-41-66(69(62)71)77(67,54-30-12-4-13-31-54)55-32-14-5-15-33-55/h1-48H. The zero-order chi connectivity index (χ0) is 50.9. The van der Waals surface area contributed by atoms with Crippen molar-refractivity contribution in [2.24, 2.45) is 0 Å². The first-order valence-corrected chi connectivity index (χ1v) is 28.4. The molecule has 5 nitrogen and oxygen atoms in total. The van der Waals surface area contributed by atoms with Gasteiger partial charge in [0.1, 0.15) is 0 Å². The lowest BCUT2D eigenvalue weighted by Crippen LogP contribution is -2.88. The van der Waals surface area contributed by atoms with Crippen molar-refractivity contribution in [3.05, 3.63) is 291 Å². The van der Waals surface area contributed by atoms with E-state index >= 15 is 0 Å². The topological polar surface area (TPSA) is 35.5 Å². The van der Waals surface area contributed by atoms with E-state index in [2.05, 4.69) is 288 Å². The third-order valence-corrected chi connectivity index (χ3v) is 20.9. The van der Waals surface area contributed by atoms with Gasteiger partial charge in [0, 0.05) is 57.6 Å². The molecule has 0 N–H and O–H groups in total. The van der Waals surface area contributed by atoms with Gasteiger partial charge in [0.05, 0.1) is 28.5 Å². The van der Waals surface area contributed by atoms with Crippen LogP contribution in [-0.4, -0.2) is 24.8 Å². The third-order valence-electron chi connectivity index (χ3n) is 16.0. The van der Waals surface area contributed by atoms with Crippen LogP contribution in [0.15, 0.2) is 291 Å². The fraction of sp³-hybridized carbons (Fsp3) is 0. The molecule has 0 saturated heterocycles. The maximum absolute atomic E-state index is 5.19. The summed E-state index contributed by atoms with van der Waals surface area (Å²) >= 11 is 0. The van der Waals surface area contributed by atoms with E-state index in [9.17, 15) is 0 Å². The van der Waals surface area contributed by atoms with Crippen molar-refractivity contribution in [2.75, 3.05) is 14.7 Å². The molecule has 77 heavy (non-hydrogen) atoms. The Hall–Kier alpha value is -9.82. The van der Waals surface area contributed by atoms with E-state index in [1.54, 1.807) is 0 Å². The van der Waals surface area contributed by atoms with Gasteiger partial charge in [-0.15, -0.1) is 0 Å². The Bertz CT molecular complexity index is 4100. The van der Waals surface area contributed by atoms with Crippen LogP contribution in [0.3, 0.4) is 0 Å². The summed E-state index contributed by atoms with van der Waals surface area (Å²) in [6, 6.07) is 103. The monoisotopic (exact) mass is 997 g/mol. The molecule has 7 heteroatoms. The van der Waals surface area contributed by atoms with E-state index in [1.165, 1.54) is 48.5 Å². The fourth-order valence-corrected chi connectivity index (χ4v) is 18.3. The molecule has 0 spiro atoms. The predicted octanol–water partition coefficient (Wildman–Crippen LogP) is 12.7. The molecule has 0 saturated carbocycles. The SMILES string of the molecule is c1ccc(-c2ccnc(-c3ccccc3N3c4cc(N(c5ccccc5)c5ccccc5)cc5c4B4c6c(cccc6[Si](c6ccccc6)(c6ccccc6)c6cccc3c64)N5c3ccccc3-c3ccccn3)c2)cc1. The molecule has 15 rings (SSSR count). The number of pyridine rings is 2. The Labute approximate surface area is 450 Å². The molecule has 3 aliphatic rings. The summed E-state index contributed by atoms with van der Waals surface area (Å²) in [6.07, 6.45) is 3.86. The number of hydrogen-bond acceptors (Lipinski definition) is 5. The molecule has 0 amide bonds. The molecule has 3 aliphatic heterocycles. The second-order valence-corrected chi connectivity index (χ2v) is 23.7. The highest BCUT2D eigenvalue weighted by Crippen LogP contribution is 2.51. The highest BCUT2D eigenvalue weighted by atomic mass is 28.3. The molecular weight excluding hydrogens is 950 g/mol. The van der Waals surface area contributed by atoms with Crippen LogP contribution in [0.1, 0.15) is 0 Å². The van der Waals surface area contributed by atoms with Crippen molar-refractivity contribution >= 4 is 103 Å². The molecule has 0 radical (unpaired) electrons. The molecule has 5 heterocycles. The Kier molecular flexibility index (Phi) is 10.6. The normalized spacial score (nSPS) is 13.2. The smallest absolute Gasteiger partial charge is 0.251 e. The third kappa shape index (κ3) is 6.94. The van der Waals surface area contributed by atoms with Gasteiger partial charge in [-0.25, -0.2) is 0 Å². The molecule has 0 unspecified atom stereocenters. The molecule has 360 valence electrons. The zero-order valence-corrected chi connectivity index (χ0v) is 43.0. The van der Waals surface area contributed by atoms with Crippen LogP contribution >= 0.6 is 0 Å². The highest BCUT2D eigenvalue weighted by Gasteiger charge is 2.56. The number of aromatic nitrogens is 2. The maximum Gasteiger partial charge on any atom is 0.251 e. The molecule has 0 atom stereocenters. The summed E-state index contributed by atoms with van der Waals surface area (Å²) in [5.41, 5.74) is 20.0. The minimum Gasteiger partial charge on any atom is -0.311 e. The van der Waals surface area contributed by atoms with Gasteiger partial charge in [-0.2, -0.15) is 0 Å². The van der Waals surface area contributed by atoms with E-state index in [-0.39, 0.29) is 6.71 Å². The Morgan fingerprint density at radius 2 is 0.766 bits per heavy atom. The number of rotatable bonds is 10. The van der Waals surface area contributed by atoms with Crippen molar-refractivity contribution in [3.63, 3.8) is 0 Å². The van der Waals surface area contributed by atoms with Crippen LogP contribution < -0.4 is 51.8 Å². The van der Waals surface area contributed by atoms with Gasteiger partial charge in [0.15, 0.2) is 8.07 Å². The Morgan fingerprint density at radius 1 is 0.312 bits per heavy atom. The molecular formula is C70H48BN5Si. The van der Waals surface area contributed by atoms with Crippen molar-refractivity contribution < 1.29 is 0 Å². The summed E-state index contributed by atoms with van der Waals surface area (Å²) in [5, 5.41) is 5.53.